The Morgan fingerprint density at radius 3 is 2.65 bits per heavy atom. The molecule has 0 aliphatic carbocycles. The maximum absolute atomic E-state index is 9.86. The van der Waals surface area contributed by atoms with Crippen molar-refractivity contribution in [2.75, 3.05) is 6.61 Å². The topological polar surface area (TPSA) is 49.7 Å². The average Bonchev–Trinajstić information content (AvgIpc) is 2.27. The standard InChI is InChI=1S/C13H19ClO3/c1-4-13(3,16)8-17-12-6-5-10(14)7-11(12)9(2)15/h5-7,9,15-16H,4,8H2,1-3H3/t9-,13?/m1/s1. The lowest BCUT2D eigenvalue weighted by molar-refractivity contribution is 0.00746. The van der Waals surface area contributed by atoms with Gasteiger partial charge in [0, 0.05) is 10.6 Å². The molecule has 17 heavy (non-hydrogen) atoms. The summed E-state index contributed by atoms with van der Waals surface area (Å²) in [6, 6.07) is 5.07. The Bertz CT molecular complexity index is 375. The van der Waals surface area contributed by atoms with Gasteiger partial charge in [-0.05, 0) is 38.5 Å². The van der Waals surface area contributed by atoms with Crippen LogP contribution < -0.4 is 4.74 Å². The summed E-state index contributed by atoms with van der Waals surface area (Å²) in [4.78, 5) is 0. The van der Waals surface area contributed by atoms with Gasteiger partial charge in [0.1, 0.15) is 12.4 Å². The minimum absolute atomic E-state index is 0.185. The minimum Gasteiger partial charge on any atom is -0.490 e. The van der Waals surface area contributed by atoms with E-state index >= 15 is 0 Å². The molecule has 0 aliphatic rings. The smallest absolute Gasteiger partial charge is 0.125 e. The molecule has 96 valence electrons. The van der Waals surface area contributed by atoms with E-state index in [1.807, 2.05) is 6.92 Å². The number of aliphatic hydroxyl groups excluding tert-OH is 1. The quantitative estimate of drug-likeness (QED) is 0.854. The molecule has 0 heterocycles. The zero-order chi connectivity index (χ0) is 13.1. The van der Waals surface area contributed by atoms with Crippen LogP contribution in [0.15, 0.2) is 18.2 Å². The third-order valence-electron chi connectivity index (χ3n) is 2.72. The maximum Gasteiger partial charge on any atom is 0.125 e. The molecule has 1 aromatic rings. The lowest BCUT2D eigenvalue weighted by atomic mass is 10.1. The summed E-state index contributed by atoms with van der Waals surface area (Å²) in [7, 11) is 0. The molecule has 0 aliphatic heterocycles. The summed E-state index contributed by atoms with van der Waals surface area (Å²) < 4.78 is 5.54. The van der Waals surface area contributed by atoms with Gasteiger partial charge in [0.25, 0.3) is 0 Å². The van der Waals surface area contributed by atoms with Gasteiger partial charge in [-0.2, -0.15) is 0 Å². The normalized spacial score (nSPS) is 16.4. The van der Waals surface area contributed by atoms with Gasteiger partial charge in [-0.25, -0.2) is 0 Å². The van der Waals surface area contributed by atoms with E-state index in [1.165, 1.54) is 0 Å². The lowest BCUT2D eigenvalue weighted by Crippen LogP contribution is -2.31. The Labute approximate surface area is 107 Å². The summed E-state index contributed by atoms with van der Waals surface area (Å²) in [5.74, 6) is 0.554. The molecular formula is C13H19ClO3. The molecule has 0 bridgehead atoms. The van der Waals surface area contributed by atoms with Crippen molar-refractivity contribution >= 4 is 11.6 Å². The summed E-state index contributed by atoms with van der Waals surface area (Å²) in [5, 5.41) is 20.0. The number of benzene rings is 1. The van der Waals surface area contributed by atoms with E-state index in [2.05, 4.69) is 0 Å². The zero-order valence-corrected chi connectivity index (χ0v) is 11.2. The monoisotopic (exact) mass is 258 g/mol. The summed E-state index contributed by atoms with van der Waals surface area (Å²) in [6.45, 7) is 5.44. The molecule has 0 aromatic heterocycles. The molecule has 0 saturated heterocycles. The van der Waals surface area contributed by atoms with E-state index < -0.39 is 11.7 Å². The van der Waals surface area contributed by atoms with E-state index in [1.54, 1.807) is 32.0 Å². The number of hydrogen-bond donors (Lipinski definition) is 2. The van der Waals surface area contributed by atoms with Crippen molar-refractivity contribution in [3.8, 4) is 5.75 Å². The van der Waals surface area contributed by atoms with E-state index in [4.69, 9.17) is 16.3 Å². The van der Waals surface area contributed by atoms with Crippen LogP contribution in [-0.2, 0) is 0 Å². The fourth-order valence-electron chi connectivity index (χ4n) is 1.31. The SMILES string of the molecule is CCC(C)(O)COc1ccc(Cl)cc1[C@@H](C)O. The van der Waals surface area contributed by atoms with Crippen LogP contribution in [0.5, 0.6) is 5.75 Å². The Balaban J connectivity index is 2.84. The highest BCUT2D eigenvalue weighted by Gasteiger charge is 2.20. The molecule has 0 saturated carbocycles. The van der Waals surface area contributed by atoms with Crippen LogP contribution in [0.2, 0.25) is 5.02 Å². The predicted octanol–water partition coefficient (Wildman–Crippen LogP) is 2.93. The second-order valence-corrected chi connectivity index (χ2v) is 4.93. The molecular weight excluding hydrogens is 240 g/mol. The van der Waals surface area contributed by atoms with Crippen molar-refractivity contribution in [1.29, 1.82) is 0 Å². The van der Waals surface area contributed by atoms with Crippen molar-refractivity contribution < 1.29 is 14.9 Å². The van der Waals surface area contributed by atoms with Gasteiger partial charge in [0.05, 0.1) is 11.7 Å². The highest BCUT2D eigenvalue weighted by molar-refractivity contribution is 6.30. The second kappa shape index (κ2) is 5.71. The summed E-state index contributed by atoms with van der Waals surface area (Å²) in [5.41, 5.74) is -0.236. The first kappa shape index (κ1) is 14.3. The lowest BCUT2D eigenvalue weighted by Gasteiger charge is -2.23. The van der Waals surface area contributed by atoms with Crippen LogP contribution in [0.25, 0.3) is 0 Å². The van der Waals surface area contributed by atoms with E-state index in [0.717, 1.165) is 0 Å². The summed E-state index contributed by atoms with van der Waals surface area (Å²) >= 11 is 5.86. The van der Waals surface area contributed by atoms with Gasteiger partial charge >= 0.3 is 0 Å². The number of ether oxygens (including phenoxy) is 1. The number of halogens is 1. The molecule has 0 spiro atoms. The average molecular weight is 259 g/mol. The van der Waals surface area contributed by atoms with Gasteiger partial charge in [0.2, 0.25) is 0 Å². The van der Waals surface area contributed by atoms with Crippen molar-refractivity contribution in [3.05, 3.63) is 28.8 Å². The fourth-order valence-corrected chi connectivity index (χ4v) is 1.49. The molecule has 0 radical (unpaired) electrons. The Kier molecular flexibility index (Phi) is 4.80. The van der Waals surface area contributed by atoms with Crippen molar-refractivity contribution in [3.63, 3.8) is 0 Å². The number of rotatable bonds is 5. The molecule has 2 atom stereocenters. The Morgan fingerprint density at radius 2 is 2.12 bits per heavy atom. The highest BCUT2D eigenvalue weighted by atomic mass is 35.5. The first-order chi connectivity index (χ1) is 7.85. The first-order valence-corrected chi connectivity index (χ1v) is 6.06. The Morgan fingerprint density at radius 1 is 1.47 bits per heavy atom. The molecule has 0 amide bonds. The van der Waals surface area contributed by atoms with Crippen LogP contribution in [0.1, 0.15) is 38.9 Å². The molecule has 0 fully saturated rings. The van der Waals surface area contributed by atoms with Gasteiger partial charge in [-0.3, -0.25) is 0 Å². The maximum atomic E-state index is 9.86. The molecule has 1 unspecified atom stereocenters. The Hall–Kier alpha value is -0.770. The number of aliphatic hydroxyl groups is 2. The van der Waals surface area contributed by atoms with E-state index in [0.29, 0.717) is 22.8 Å². The van der Waals surface area contributed by atoms with Crippen LogP contribution in [0.3, 0.4) is 0 Å². The van der Waals surface area contributed by atoms with Gasteiger partial charge in [0.15, 0.2) is 0 Å². The van der Waals surface area contributed by atoms with Gasteiger partial charge < -0.3 is 14.9 Å². The molecule has 2 N–H and O–H groups in total. The highest BCUT2D eigenvalue weighted by Crippen LogP contribution is 2.29. The second-order valence-electron chi connectivity index (χ2n) is 4.50. The summed E-state index contributed by atoms with van der Waals surface area (Å²) in [6.07, 6.45) is -0.0554. The van der Waals surface area contributed by atoms with Gasteiger partial charge in [-0.1, -0.05) is 18.5 Å². The molecule has 1 rings (SSSR count). The van der Waals surface area contributed by atoms with Gasteiger partial charge in [-0.15, -0.1) is 0 Å². The molecule has 4 heteroatoms. The van der Waals surface area contributed by atoms with E-state index in [-0.39, 0.29) is 6.61 Å². The zero-order valence-electron chi connectivity index (χ0n) is 10.4. The molecule has 3 nitrogen and oxygen atoms in total. The molecule has 1 aromatic carbocycles. The van der Waals surface area contributed by atoms with Crippen LogP contribution >= 0.6 is 11.6 Å². The minimum atomic E-state index is -0.865. The first-order valence-electron chi connectivity index (χ1n) is 5.68. The van der Waals surface area contributed by atoms with Crippen LogP contribution in [0, 0.1) is 0 Å². The van der Waals surface area contributed by atoms with Crippen LogP contribution in [0.4, 0.5) is 0 Å². The van der Waals surface area contributed by atoms with E-state index in [9.17, 15) is 10.2 Å². The predicted molar refractivity (Wildman–Crippen MR) is 68.5 cm³/mol. The third kappa shape index (κ3) is 4.19. The number of hydrogen-bond acceptors (Lipinski definition) is 3. The van der Waals surface area contributed by atoms with Crippen molar-refractivity contribution in [2.24, 2.45) is 0 Å². The third-order valence-corrected chi connectivity index (χ3v) is 2.96. The largest absolute Gasteiger partial charge is 0.490 e. The van der Waals surface area contributed by atoms with Crippen molar-refractivity contribution in [1.82, 2.24) is 0 Å². The fraction of sp³-hybridized carbons (Fsp3) is 0.538. The van der Waals surface area contributed by atoms with Crippen molar-refractivity contribution in [2.45, 2.75) is 38.9 Å². The van der Waals surface area contributed by atoms with Crippen LogP contribution in [-0.4, -0.2) is 22.4 Å².